The van der Waals surface area contributed by atoms with Gasteiger partial charge in [0.25, 0.3) is 0 Å². The van der Waals surface area contributed by atoms with Crippen LogP contribution in [0.3, 0.4) is 0 Å². The summed E-state index contributed by atoms with van der Waals surface area (Å²) in [6.45, 7) is 5.91. The minimum Gasteiger partial charge on any atom is -0.481 e. The molecule has 3 aliphatic rings. The molecule has 170 valence electrons. The van der Waals surface area contributed by atoms with Crippen LogP contribution >= 0.6 is 0 Å². The van der Waals surface area contributed by atoms with Crippen molar-refractivity contribution in [1.29, 1.82) is 0 Å². The van der Waals surface area contributed by atoms with Crippen LogP contribution < -0.4 is 0 Å². The molecular weight excluding hydrogens is 384 g/mol. The summed E-state index contributed by atoms with van der Waals surface area (Å²) >= 11 is 0. The van der Waals surface area contributed by atoms with Crippen LogP contribution in [-0.4, -0.2) is 33.2 Å². The molecular formula is C24H38O6. The van der Waals surface area contributed by atoms with Gasteiger partial charge in [0.2, 0.25) is 0 Å². The zero-order valence-electron chi connectivity index (χ0n) is 18.6. The van der Waals surface area contributed by atoms with Gasteiger partial charge in [0.05, 0.1) is 11.3 Å². The standard InChI is InChI=1S/C24H38O6/c1-14(7-12-19(25)26)17-10-11-18(24(17,3)22(29)30)16-9-8-15-6-4-5-13-23(15,2)20(16)21(27)28/h14-18,20H,4-13H2,1-3H3,(H,25,26)(H,27,28)(H,29,30)/t14-,15+,16+,17+,18-,20+,23+,24+/m1/s1. The van der Waals surface area contributed by atoms with Crippen LogP contribution in [0.1, 0.15) is 85.0 Å². The Morgan fingerprint density at radius 2 is 1.67 bits per heavy atom. The Bertz CT molecular complexity index is 689. The maximum absolute atomic E-state index is 12.6. The summed E-state index contributed by atoms with van der Waals surface area (Å²) in [6, 6.07) is 0. The Labute approximate surface area is 179 Å². The van der Waals surface area contributed by atoms with Crippen LogP contribution in [0.5, 0.6) is 0 Å². The molecule has 6 nitrogen and oxygen atoms in total. The second kappa shape index (κ2) is 8.51. The van der Waals surface area contributed by atoms with E-state index in [9.17, 15) is 24.6 Å². The highest BCUT2D eigenvalue weighted by atomic mass is 16.4. The molecule has 8 atom stereocenters. The molecule has 0 unspecified atom stereocenters. The zero-order valence-corrected chi connectivity index (χ0v) is 18.6. The van der Waals surface area contributed by atoms with Gasteiger partial charge in [-0.15, -0.1) is 0 Å². The van der Waals surface area contributed by atoms with Crippen molar-refractivity contribution >= 4 is 17.9 Å². The maximum atomic E-state index is 12.6. The number of rotatable bonds is 7. The molecule has 0 bridgehead atoms. The first kappa shape index (κ1) is 23.1. The van der Waals surface area contributed by atoms with Gasteiger partial charge in [-0.1, -0.05) is 26.7 Å². The molecule has 0 heterocycles. The number of carboxylic acid groups (broad SMARTS) is 3. The number of carboxylic acids is 3. The van der Waals surface area contributed by atoms with E-state index in [1.54, 1.807) is 0 Å². The quantitative estimate of drug-likeness (QED) is 0.537. The maximum Gasteiger partial charge on any atom is 0.309 e. The van der Waals surface area contributed by atoms with Crippen molar-refractivity contribution in [2.24, 2.45) is 46.3 Å². The monoisotopic (exact) mass is 422 g/mol. The van der Waals surface area contributed by atoms with E-state index < -0.39 is 29.2 Å². The topological polar surface area (TPSA) is 112 Å². The molecule has 3 rings (SSSR count). The lowest BCUT2D eigenvalue weighted by Crippen LogP contribution is -2.53. The molecule has 3 saturated carbocycles. The highest BCUT2D eigenvalue weighted by Gasteiger charge is 2.61. The lowest BCUT2D eigenvalue weighted by atomic mass is 9.49. The van der Waals surface area contributed by atoms with Crippen molar-refractivity contribution in [3.05, 3.63) is 0 Å². The van der Waals surface area contributed by atoms with Gasteiger partial charge in [-0.3, -0.25) is 14.4 Å². The van der Waals surface area contributed by atoms with Crippen molar-refractivity contribution in [2.45, 2.75) is 85.0 Å². The van der Waals surface area contributed by atoms with Gasteiger partial charge < -0.3 is 15.3 Å². The fraction of sp³-hybridized carbons (Fsp3) is 0.875. The number of fused-ring (bicyclic) bond motifs is 1. The molecule has 6 heteroatoms. The second-order valence-corrected chi connectivity index (χ2v) is 10.8. The summed E-state index contributed by atoms with van der Waals surface area (Å²) in [4.78, 5) is 36.2. The third kappa shape index (κ3) is 3.75. The predicted octanol–water partition coefficient (Wildman–Crippen LogP) is 4.91. The molecule has 0 amide bonds. The molecule has 0 aromatic carbocycles. The fourth-order valence-electron chi connectivity index (χ4n) is 7.90. The van der Waals surface area contributed by atoms with Crippen molar-refractivity contribution in [3.8, 4) is 0 Å². The average molecular weight is 423 g/mol. The highest BCUT2D eigenvalue weighted by Crippen LogP contribution is 2.63. The van der Waals surface area contributed by atoms with Crippen LogP contribution in [-0.2, 0) is 14.4 Å². The molecule has 3 N–H and O–H groups in total. The minimum atomic E-state index is -1.01. The fourth-order valence-corrected chi connectivity index (χ4v) is 7.90. The van der Waals surface area contributed by atoms with Crippen LogP contribution in [0, 0.1) is 46.3 Å². The van der Waals surface area contributed by atoms with Gasteiger partial charge in [-0.05, 0) is 86.9 Å². The van der Waals surface area contributed by atoms with E-state index in [1.165, 1.54) is 0 Å². The second-order valence-electron chi connectivity index (χ2n) is 10.8. The van der Waals surface area contributed by atoms with Crippen molar-refractivity contribution in [2.75, 3.05) is 0 Å². The first-order valence-corrected chi connectivity index (χ1v) is 11.7. The van der Waals surface area contributed by atoms with Crippen LogP contribution in [0.4, 0.5) is 0 Å². The molecule has 30 heavy (non-hydrogen) atoms. The summed E-state index contributed by atoms with van der Waals surface area (Å²) in [7, 11) is 0. The number of hydrogen-bond donors (Lipinski definition) is 3. The number of aliphatic carboxylic acids is 3. The number of carbonyl (C=O) groups is 3. The van der Waals surface area contributed by atoms with Gasteiger partial charge in [-0.25, -0.2) is 0 Å². The largest absolute Gasteiger partial charge is 0.481 e. The van der Waals surface area contributed by atoms with Crippen molar-refractivity contribution in [3.63, 3.8) is 0 Å². The summed E-state index contributed by atoms with van der Waals surface area (Å²) in [5, 5.41) is 29.7. The lowest BCUT2D eigenvalue weighted by molar-refractivity contribution is -0.170. The lowest BCUT2D eigenvalue weighted by Gasteiger charge is -2.54. The number of hydrogen-bond acceptors (Lipinski definition) is 3. The summed E-state index contributed by atoms with van der Waals surface area (Å²) in [5.74, 6) is -2.97. The van der Waals surface area contributed by atoms with Crippen molar-refractivity contribution < 1.29 is 29.7 Å². The average Bonchev–Trinajstić information content (AvgIpc) is 3.02. The third-order valence-corrected chi connectivity index (χ3v) is 9.51. The van der Waals surface area contributed by atoms with Gasteiger partial charge in [0.15, 0.2) is 0 Å². The summed E-state index contributed by atoms with van der Waals surface area (Å²) < 4.78 is 0. The zero-order chi connectivity index (χ0) is 22.3. The Balaban J connectivity index is 1.92. The normalized spacial score (nSPS) is 42.3. The molecule has 0 saturated heterocycles. The van der Waals surface area contributed by atoms with Gasteiger partial charge in [0.1, 0.15) is 0 Å². The van der Waals surface area contributed by atoms with Crippen LogP contribution in [0.2, 0.25) is 0 Å². The molecule has 0 aromatic heterocycles. The van der Waals surface area contributed by atoms with Crippen LogP contribution in [0.25, 0.3) is 0 Å². The Hall–Kier alpha value is -1.59. The Morgan fingerprint density at radius 1 is 0.967 bits per heavy atom. The first-order chi connectivity index (χ1) is 14.0. The SMILES string of the molecule is C[C@H](CCC(=O)O)[C@@H]1CC[C@H]([C@@H]2CC[C@@H]3CCCC[C@]3(C)[C@@H]2C(=O)O)[C@@]1(C)C(=O)O. The summed E-state index contributed by atoms with van der Waals surface area (Å²) in [6.07, 6.45) is 7.97. The molecule has 0 aromatic rings. The highest BCUT2D eigenvalue weighted by molar-refractivity contribution is 5.76. The molecule has 0 radical (unpaired) electrons. The minimum absolute atomic E-state index is 0.0166. The summed E-state index contributed by atoms with van der Waals surface area (Å²) in [5.41, 5.74) is -1.26. The van der Waals surface area contributed by atoms with Crippen LogP contribution in [0.15, 0.2) is 0 Å². The van der Waals surface area contributed by atoms with E-state index in [4.69, 9.17) is 5.11 Å². The van der Waals surface area contributed by atoms with E-state index in [1.807, 2.05) is 13.8 Å². The van der Waals surface area contributed by atoms with E-state index in [2.05, 4.69) is 6.92 Å². The molecule has 3 fully saturated rings. The Kier molecular flexibility index (Phi) is 6.54. The van der Waals surface area contributed by atoms with E-state index in [0.717, 1.165) is 51.4 Å². The van der Waals surface area contributed by atoms with E-state index >= 15 is 0 Å². The molecule has 0 spiro atoms. The van der Waals surface area contributed by atoms with Gasteiger partial charge in [-0.2, -0.15) is 0 Å². The smallest absolute Gasteiger partial charge is 0.309 e. The van der Waals surface area contributed by atoms with Crippen molar-refractivity contribution in [1.82, 2.24) is 0 Å². The predicted molar refractivity (Wildman–Crippen MR) is 112 cm³/mol. The van der Waals surface area contributed by atoms with E-state index in [-0.39, 0.29) is 35.5 Å². The van der Waals surface area contributed by atoms with E-state index in [0.29, 0.717) is 12.3 Å². The van der Waals surface area contributed by atoms with Gasteiger partial charge in [0, 0.05) is 6.42 Å². The molecule has 3 aliphatic carbocycles. The third-order valence-electron chi connectivity index (χ3n) is 9.51. The Morgan fingerprint density at radius 3 is 2.27 bits per heavy atom. The molecule has 0 aliphatic heterocycles. The van der Waals surface area contributed by atoms with Gasteiger partial charge >= 0.3 is 17.9 Å². The first-order valence-electron chi connectivity index (χ1n) is 11.7.